The Hall–Kier alpha value is -7.05. The molecule has 1 heterocycles. The van der Waals surface area contributed by atoms with Crippen LogP contribution < -0.4 is 31.2 Å². The van der Waals surface area contributed by atoms with Crippen LogP contribution in [-0.2, 0) is 6.54 Å². The summed E-state index contributed by atoms with van der Waals surface area (Å²) in [7, 11) is 0. The van der Waals surface area contributed by atoms with Crippen LogP contribution in [-0.4, -0.2) is 17.9 Å². The number of hydrogen-bond acceptors (Lipinski definition) is 3. The molecule has 0 radical (unpaired) electrons. The molecule has 27 heteroatoms. The van der Waals surface area contributed by atoms with Crippen LogP contribution >= 0.6 is 0 Å². The highest BCUT2D eigenvalue weighted by Crippen LogP contribution is 2.30. The Labute approximate surface area is 335 Å². The first-order valence-electron chi connectivity index (χ1n) is 16.3. The van der Waals surface area contributed by atoms with E-state index in [2.05, 4.69) is 15.0 Å². The van der Waals surface area contributed by atoms with Crippen molar-refractivity contribution >= 4 is 28.0 Å². The van der Waals surface area contributed by atoms with Crippen molar-refractivity contribution in [2.45, 2.75) is 6.54 Å². The van der Waals surface area contributed by atoms with Gasteiger partial charge in [-0.1, -0.05) is 35.4 Å². The highest BCUT2D eigenvalue weighted by molar-refractivity contribution is 7.20. The van der Waals surface area contributed by atoms with Gasteiger partial charge in [-0.25, -0.2) is 92.8 Å². The minimum Gasteiger partial charge on any atom is -0.467 e. The van der Waals surface area contributed by atoms with E-state index in [1.54, 1.807) is 12.4 Å². The summed E-state index contributed by atoms with van der Waals surface area (Å²) >= 11 is 0. The molecule has 63 heavy (non-hydrogen) atoms. The Bertz CT molecular complexity index is 2460. The predicted molar refractivity (Wildman–Crippen MR) is 174 cm³/mol. The minimum atomic E-state index is -7.22. The lowest BCUT2D eigenvalue weighted by Crippen LogP contribution is -2.81. The molecule has 0 amide bonds. The van der Waals surface area contributed by atoms with Crippen LogP contribution in [0.3, 0.4) is 0 Å². The van der Waals surface area contributed by atoms with Gasteiger partial charge in [0.05, 0.1) is 6.20 Å². The van der Waals surface area contributed by atoms with Gasteiger partial charge in [0.15, 0.2) is 89.3 Å². The molecule has 0 aliphatic carbocycles. The van der Waals surface area contributed by atoms with Crippen LogP contribution in [0.25, 0.3) is 10.4 Å². The van der Waals surface area contributed by atoms with E-state index in [0.717, 1.165) is 6.54 Å². The van der Waals surface area contributed by atoms with Gasteiger partial charge in [-0.3, -0.25) is 0 Å². The average Bonchev–Trinajstić information content (AvgIpc) is 3.27. The second-order valence-electron chi connectivity index (χ2n) is 12.4. The molecule has 0 unspecified atom stereocenters. The molecule has 0 atom stereocenters. The normalized spacial score (nSPS) is 11.3. The third-order valence-corrected chi connectivity index (χ3v) is 8.98. The zero-order valence-electron chi connectivity index (χ0n) is 29.8. The maximum absolute atomic E-state index is 15.4. The number of rotatable bonds is 9. The van der Waals surface area contributed by atoms with Crippen LogP contribution in [0.2, 0.25) is 0 Å². The van der Waals surface area contributed by atoms with Gasteiger partial charge in [-0.05, 0) is 5.53 Å². The molecule has 0 fully saturated rings. The zero-order chi connectivity index (χ0) is 47.0. The van der Waals surface area contributed by atoms with E-state index in [-0.39, 0.29) is 6.73 Å². The SMILES string of the molecule is Fc1c(F)c(F)c([B-](c2c(F)c(F)c(F)c(F)c2F)(c2c(F)c(F)c(F)c(F)c2F)c2c(F)c(F)c(F)c(F)c2F)c(F)c1F.[N-]=[N+]=NCOc1c[n+](Cc2ccccc2)ccn1. The van der Waals surface area contributed by atoms with Gasteiger partial charge in [0.25, 0.3) is 5.88 Å². The standard InChI is InChI=1S/C24BF20.C12H12N5O/c26-5-1(6(27)14(35)21(42)13(5)34)25(2-7(28)15(36)22(43)16(37)8(2)29,3-9(30)17(38)23(44)18(39)10(3)31)4-11(32)19(40)24(45)20(41)12(4)33;13-16-15-10-18-12-9-17(7-6-14-12)8-11-4-2-1-3-5-11/h;1-7,9H,8,10H2/q-1;+1. The van der Waals surface area contributed by atoms with Crippen LogP contribution in [0.5, 0.6) is 5.88 Å². The number of hydrogen-bond donors (Lipinski definition) is 0. The van der Waals surface area contributed by atoms with Gasteiger partial charge in [0, 0.05) is 10.5 Å². The third kappa shape index (κ3) is 7.87. The Morgan fingerprint density at radius 1 is 0.476 bits per heavy atom. The smallest absolute Gasteiger partial charge is 0.280 e. The quantitative estimate of drug-likeness (QED) is 0.0216. The third-order valence-electron chi connectivity index (χ3n) is 8.98. The maximum Gasteiger partial charge on any atom is 0.280 e. The maximum atomic E-state index is 15.4. The summed E-state index contributed by atoms with van der Waals surface area (Å²) in [5.74, 6) is -71.0. The van der Waals surface area contributed by atoms with Crippen molar-refractivity contribution in [1.29, 1.82) is 0 Å². The monoisotopic (exact) mass is 921 g/mol. The van der Waals surface area contributed by atoms with Crippen molar-refractivity contribution < 1.29 is 97.1 Å². The highest BCUT2D eigenvalue weighted by atomic mass is 19.2. The molecule has 0 bridgehead atoms. The molecule has 0 saturated heterocycles. The number of nitrogens with zero attached hydrogens (tertiary/aromatic N) is 5. The topological polar surface area (TPSA) is 74.8 Å². The van der Waals surface area contributed by atoms with Crippen molar-refractivity contribution in [3.8, 4) is 5.88 Å². The lowest BCUT2D eigenvalue weighted by molar-refractivity contribution is -0.689. The first kappa shape index (κ1) is 47.0. The molecule has 6 nitrogen and oxygen atoms in total. The van der Waals surface area contributed by atoms with E-state index in [1.165, 1.54) is 5.56 Å². The predicted octanol–water partition coefficient (Wildman–Crippen LogP) is 7.91. The number of benzene rings is 5. The molecule has 0 aliphatic rings. The van der Waals surface area contributed by atoms with Crippen LogP contribution in [0.4, 0.5) is 87.8 Å². The molecule has 330 valence electrons. The second-order valence-corrected chi connectivity index (χ2v) is 12.4. The van der Waals surface area contributed by atoms with Crippen molar-refractivity contribution in [3.63, 3.8) is 0 Å². The fraction of sp³-hybridized carbons (Fsp3) is 0.0556. The Balaban J connectivity index is 0.000000345. The molecule has 0 saturated carbocycles. The molecule has 1 aromatic heterocycles. The summed E-state index contributed by atoms with van der Waals surface area (Å²) in [6, 6.07) is 10.1. The lowest BCUT2D eigenvalue weighted by Gasteiger charge is -2.44. The minimum absolute atomic E-state index is 0.0567. The second kappa shape index (κ2) is 18.1. The fourth-order valence-electron chi connectivity index (χ4n) is 6.37. The van der Waals surface area contributed by atoms with Crippen LogP contribution in [0, 0.1) is 116 Å². The fourth-order valence-corrected chi connectivity index (χ4v) is 6.37. The summed E-state index contributed by atoms with van der Waals surface area (Å²) in [6.07, 6.45) is -1.95. The zero-order valence-corrected chi connectivity index (χ0v) is 29.8. The Morgan fingerprint density at radius 2 is 0.778 bits per heavy atom. The molecule has 5 aromatic carbocycles. The van der Waals surface area contributed by atoms with Crippen molar-refractivity contribution in [2.24, 2.45) is 5.11 Å². The summed E-state index contributed by atoms with van der Waals surface area (Å²) < 4.78 is 301. The van der Waals surface area contributed by atoms with Gasteiger partial charge < -0.3 is 4.74 Å². The molecule has 0 spiro atoms. The molecule has 6 aromatic rings. The van der Waals surface area contributed by atoms with E-state index in [0.29, 0.717) is 5.88 Å². The number of azide groups is 1. The highest BCUT2D eigenvalue weighted by Gasteiger charge is 2.52. The van der Waals surface area contributed by atoms with Gasteiger partial charge in [0.2, 0.25) is 6.20 Å². The van der Waals surface area contributed by atoms with Crippen molar-refractivity contribution in [2.75, 3.05) is 6.73 Å². The molecular weight excluding hydrogens is 909 g/mol. The van der Waals surface area contributed by atoms with E-state index in [9.17, 15) is 52.7 Å². The first-order valence-corrected chi connectivity index (χ1v) is 16.3. The molecule has 0 N–H and O–H groups in total. The van der Waals surface area contributed by atoms with E-state index >= 15 is 35.1 Å². The lowest BCUT2D eigenvalue weighted by atomic mass is 9.12. The van der Waals surface area contributed by atoms with E-state index < -0.39 is 144 Å². The first-order chi connectivity index (χ1) is 29.6. The average molecular weight is 921 g/mol. The van der Waals surface area contributed by atoms with Crippen LogP contribution in [0.15, 0.2) is 54.0 Å². The summed E-state index contributed by atoms with van der Waals surface area (Å²) in [5.41, 5.74) is -4.99. The Morgan fingerprint density at radius 3 is 1.08 bits per heavy atom. The van der Waals surface area contributed by atoms with Crippen LogP contribution in [0.1, 0.15) is 5.56 Å². The number of halogens is 20. The summed E-state index contributed by atoms with van der Waals surface area (Å²) in [5, 5.41) is 3.29. The summed E-state index contributed by atoms with van der Waals surface area (Å²) in [4.78, 5) is 6.63. The number of ether oxygens (including phenoxy) is 1. The van der Waals surface area contributed by atoms with Gasteiger partial charge in [-0.2, -0.15) is 4.57 Å². The van der Waals surface area contributed by atoms with Gasteiger partial charge in [-0.15, -0.1) is 21.9 Å². The molecule has 6 rings (SSSR count). The van der Waals surface area contributed by atoms with Gasteiger partial charge >= 0.3 is 0 Å². The van der Waals surface area contributed by atoms with Gasteiger partial charge in [0.1, 0.15) is 52.7 Å². The van der Waals surface area contributed by atoms with E-state index in [1.807, 2.05) is 41.1 Å². The van der Waals surface area contributed by atoms with Crippen molar-refractivity contribution in [1.82, 2.24) is 4.98 Å². The molecule has 0 aliphatic heterocycles. The van der Waals surface area contributed by atoms with Crippen molar-refractivity contribution in [3.05, 3.63) is 181 Å². The largest absolute Gasteiger partial charge is 0.467 e. The van der Waals surface area contributed by atoms with E-state index in [4.69, 9.17) is 10.3 Å². The Kier molecular flexibility index (Phi) is 13.5. The number of aromatic nitrogens is 2. The summed E-state index contributed by atoms with van der Waals surface area (Å²) in [6.45, 7) is 0.681. The molecular formula is C36H12BF20N5O.